The minimum absolute atomic E-state index is 0.316. The molecular weight excluding hydrogens is 238 g/mol. The highest BCUT2D eigenvalue weighted by Crippen LogP contribution is 2.26. The van der Waals surface area contributed by atoms with Crippen molar-refractivity contribution in [3.8, 4) is 6.01 Å². The molecule has 1 saturated carbocycles. The molecule has 2 aromatic heterocycles. The number of pyridine rings is 1. The fourth-order valence-corrected chi connectivity index (χ4v) is 2.17. The van der Waals surface area contributed by atoms with Gasteiger partial charge in [-0.05, 0) is 31.7 Å². The molecule has 1 N–H and O–H groups in total. The number of hydrogen-bond acceptors (Lipinski definition) is 3. The summed E-state index contributed by atoms with van der Waals surface area (Å²) in [7, 11) is 0. The van der Waals surface area contributed by atoms with E-state index in [1.807, 2.05) is 13.0 Å². The van der Waals surface area contributed by atoms with Gasteiger partial charge in [0.2, 0.25) is 0 Å². The van der Waals surface area contributed by atoms with Crippen molar-refractivity contribution in [3.63, 3.8) is 0 Å². The third kappa shape index (κ3) is 1.97. The van der Waals surface area contributed by atoms with Crippen LogP contribution < -0.4 is 4.74 Å². The summed E-state index contributed by atoms with van der Waals surface area (Å²) < 4.78 is 5.70. The standard InChI is InChI=1S/C12H14ClN3O/c1-2-9-8(13)6-10-11(14-9)16-12(15-10)17-7-4-3-5-7/h6-7H,2-5H2,1H3,(H,14,15,16). The number of aromatic nitrogens is 3. The van der Waals surface area contributed by atoms with E-state index < -0.39 is 0 Å². The molecule has 1 aliphatic rings. The fourth-order valence-electron chi connectivity index (χ4n) is 1.88. The molecule has 0 radical (unpaired) electrons. The summed E-state index contributed by atoms with van der Waals surface area (Å²) in [5.74, 6) is 0. The van der Waals surface area contributed by atoms with Crippen LogP contribution in [0.1, 0.15) is 31.9 Å². The number of aromatic amines is 1. The van der Waals surface area contributed by atoms with Crippen LogP contribution in [0, 0.1) is 0 Å². The van der Waals surface area contributed by atoms with Crippen molar-refractivity contribution in [2.24, 2.45) is 0 Å². The smallest absolute Gasteiger partial charge is 0.296 e. The van der Waals surface area contributed by atoms with Crippen LogP contribution in [0.25, 0.3) is 11.2 Å². The van der Waals surface area contributed by atoms with Crippen LogP contribution in [0.2, 0.25) is 5.02 Å². The third-order valence-corrected chi connectivity index (χ3v) is 3.47. The zero-order chi connectivity index (χ0) is 11.8. The number of nitrogens with one attached hydrogen (secondary N) is 1. The Morgan fingerprint density at radius 3 is 2.94 bits per heavy atom. The molecule has 0 atom stereocenters. The first-order chi connectivity index (χ1) is 8.26. The van der Waals surface area contributed by atoms with Crippen LogP contribution >= 0.6 is 11.6 Å². The van der Waals surface area contributed by atoms with E-state index >= 15 is 0 Å². The van der Waals surface area contributed by atoms with E-state index in [4.69, 9.17) is 16.3 Å². The third-order valence-electron chi connectivity index (χ3n) is 3.14. The Kier molecular flexibility index (Phi) is 2.67. The SMILES string of the molecule is CCc1nc2nc(OC3CCC3)[nH]c2cc1Cl. The first-order valence-corrected chi connectivity index (χ1v) is 6.36. The summed E-state index contributed by atoms with van der Waals surface area (Å²) in [6.45, 7) is 2.03. The maximum atomic E-state index is 6.11. The molecule has 2 heterocycles. The van der Waals surface area contributed by atoms with E-state index in [1.54, 1.807) is 0 Å². The summed E-state index contributed by atoms with van der Waals surface area (Å²) in [6.07, 6.45) is 4.60. The molecular formula is C12H14ClN3O. The topological polar surface area (TPSA) is 50.8 Å². The molecule has 17 heavy (non-hydrogen) atoms. The molecule has 0 aliphatic heterocycles. The number of hydrogen-bond donors (Lipinski definition) is 1. The number of halogens is 1. The number of H-pyrrole nitrogens is 1. The quantitative estimate of drug-likeness (QED) is 0.912. The van der Waals surface area contributed by atoms with Crippen LogP contribution in [0.4, 0.5) is 0 Å². The largest absolute Gasteiger partial charge is 0.461 e. The van der Waals surface area contributed by atoms with E-state index in [-0.39, 0.29) is 0 Å². The molecule has 0 aromatic carbocycles. The second-order valence-electron chi connectivity index (χ2n) is 4.35. The van der Waals surface area contributed by atoms with Crippen LogP contribution in [0.15, 0.2) is 6.07 Å². The number of nitrogens with zero attached hydrogens (tertiary/aromatic N) is 2. The van der Waals surface area contributed by atoms with Gasteiger partial charge in [0.05, 0.1) is 16.2 Å². The first kappa shape index (κ1) is 10.8. The molecule has 4 nitrogen and oxygen atoms in total. The molecule has 0 bridgehead atoms. The van der Waals surface area contributed by atoms with Crippen molar-refractivity contribution < 1.29 is 4.74 Å². The zero-order valence-corrected chi connectivity index (χ0v) is 10.4. The van der Waals surface area contributed by atoms with Crippen molar-refractivity contribution >= 4 is 22.8 Å². The second kappa shape index (κ2) is 4.18. The van der Waals surface area contributed by atoms with Gasteiger partial charge in [0.25, 0.3) is 6.01 Å². The Hall–Kier alpha value is -1.29. The number of rotatable bonds is 3. The molecule has 5 heteroatoms. The van der Waals surface area contributed by atoms with Crippen molar-refractivity contribution in [1.29, 1.82) is 0 Å². The predicted octanol–water partition coefficient (Wildman–Crippen LogP) is 3.11. The first-order valence-electron chi connectivity index (χ1n) is 5.98. The number of imidazole rings is 1. The lowest BCUT2D eigenvalue weighted by atomic mass is 9.96. The van der Waals surface area contributed by atoms with Crippen molar-refractivity contribution in [1.82, 2.24) is 15.0 Å². The van der Waals surface area contributed by atoms with Gasteiger partial charge in [-0.1, -0.05) is 18.5 Å². The maximum absolute atomic E-state index is 6.11. The number of ether oxygens (including phenoxy) is 1. The van der Waals surface area contributed by atoms with Gasteiger partial charge in [-0.3, -0.25) is 0 Å². The van der Waals surface area contributed by atoms with Gasteiger partial charge in [-0.15, -0.1) is 0 Å². The molecule has 90 valence electrons. The summed E-state index contributed by atoms with van der Waals surface area (Å²) in [4.78, 5) is 11.9. The van der Waals surface area contributed by atoms with Gasteiger partial charge in [-0.2, -0.15) is 4.98 Å². The molecule has 1 aliphatic carbocycles. The lowest BCUT2D eigenvalue weighted by Crippen LogP contribution is -2.24. The van der Waals surface area contributed by atoms with Crippen molar-refractivity contribution in [2.75, 3.05) is 0 Å². The van der Waals surface area contributed by atoms with E-state index in [1.165, 1.54) is 6.42 Å². The molecule has 0 amide bonds. The van der Waals surface area contributed by atoms with Crippen LogP contribution in [-0.4, -0.2) is 21.1 Å². The van der Waals surface area contributed by atoms with Gasteiger partial charge in [0.1, 0.15) is 6.10 Å². The highest BCUT2D eigenvalue weighted by atomic mass is 35.5. The fraction of sp³-hybridized carbons (Fsp3) is 0.500. The highest BCUT2D eigenvalue weighted by molar-refractivity contribution is 6.31. The Labute approximate surface area is 104 Å². The molecule has 3 rings (SSSR count). The number of aryl methyl sites for hydroxylation is 1. The van der Waals surface area contributed by atoms with Crippen LogP contribution in [0.3, 0.4) is 0 Å². The molecule has 2 aromatic rings. The van der Waals surface area contributed by atoms with Crippen LogP contribution in [-0.2, 0) is 6.42 Å². The predicted molar refractivity (Wildman–Crippen MR) is 66.5 cm³/mol. The summed E-state index contributed by atoms with van der Waals surface area (Å²) >= 11 is 6.11. The van der Waals surface area contributed by atoms with E-state index in [0.717, 1.165) is 30.5 Å². The lowest BCUT2D eigenvalue weighted by Gasteiger charge is -2.24. The molecule has 0 saturated heterocycles. The van der Waals surface area contributed by atoms with E-state index in [0.29, 0.717) is 22.8 Å². The average Bonchev–Trinajstić information content (AvgIpc) is 2.64. The zero-order valence-electron chi connectivity index (χ0n) is 9.66. The second-order valence-corrected chi connectivity index (χ2v) is 4.76. The summed E-state index contributed by atoms with van der Waals surface area (Å²) in [6, 6.07) is 2.42. The van der Waals surface area contributed by atoms with Crippen molar-refractivity contribution in [2.45, 2.75) is 38.7 Å². The van der Waals surface area contributed by atoms with Crippen molar-refractivity contribution in [3.05, 3.63) is 16.8 Å². The monoisotopic (exact) mass is 251 g/mol. The van der Waals surface area contributed by atoms with Gasteiger partial charge in [-0.25, -0.2) is 4.98 Å². The van der Waals surface area contributed by atoms with Gasteiger partial charge in [0, 0.05) is 0 Å². The molecule has 0 unspecified atom stereocenters. The van der Waals surface area contributed by atoms with Gasteiger partial charge < -0.3 is 9.72 Å². The van der Waals surface area contributed by atoms with Gasteiger partial charge in [0.15, 0.2) is 5.65 Å². The summed E-state index contributed by atoms with van der Waals surface area (Å²) in [5, 5.41) is 0.679. The Morgan fingerprint density at radius 1 is 1.47 bits per heavy atom. The molecule has 0 spiro atoms. The maximum Gasteiger partial charge on any atom is 0.296 e. The Balaban J connectivity index is 1.94. The average molecular weight is 252 g/mol. The minimum atomic E-state index is 0.316. The number of fused-ring (bicyclic) bond motifs is 1. The Bertz CT molecular complexity index is 548. The normalized spacial score (nSPS) is 16.1. The van der Waals surface area contributed by atoms with E-state index in [9.17, 15) is 0 Å². The lowest BCUT2D eigenvalue weighted by molar-refractivity contribution is 0.110. The van der Waals surface area contributed by atoms with Gasteiger partial charge >= 0.3 is 0 Å². The Morgan fingerprint density at radius 2 is 2.29 bits per heavy atom. The van der Waals surface area contributed by atoms with E-state index in [2.05, 4.69) is 15.0 Å². The summed E-state index contributed by atoms with van der Waals surface area (Å²) in [5.41, 5.74) is 2.39. The highest BCUT2D eigenvalue weighted by Gasteiger charge is 2.20. The molecule has 1 fully saturated rings. The minimum Gasteiger partial charge on any atom is -0.461 e. The van der Waals surface area contributed by atoms with Crippen LogP contribution in [0.5, 0.6) is 6.01 Å².